The van der Waals surface area contributed by atoms with E-state index < -0.39 is 0 Å². The van der Waals surface area contributed by atoms with Crippen molar-refractivity contribution in [3.8, 4) is 0 Å². The summed E-state index contributed by atoms with van der Waals surface area (Å²) in [5.41, 5.74) is 2.01. The Morgan fingerprint density at radius 1 is 1.15 bits per heavy atom. The van der Waals surface area contributed by atoms with Gasteiger partial charge in [0, 0.05) is 41.5 Å². The number of carbonyl (C=O) groups is 2. The maximum atomic E-state index is 12.2. The van der Waals surface area contributed by atoms with E-state index >= 15 is 0 Å². The first-order valence-electron chi connectivity index (χ1n) is 7.85. The third-order valence-corrected chi connectivity index (χ3v) is 3.93. The first-order valence-corrected chi connectivity index (χ1v) is 8.64. The van der Waals surface area contributed by atoms with Gasteiger partial charge in [-0.1, -0.05) is 12.1 Å². The van der Waals surface area contributed by atoms with Crippen molar-refractivity contribution in [3.05, 3.63) is 76.8 Å². The van der Waals surface area contributed by atoms with Gasteiger partial charge in [-0.15, -0.1) is 0 Å². The molecule has 0 unspecified atom stereocenters. The Bertz CT molecular complexity index is 911. The summed E-state index contributed by atoms with van der Waals surface area (Å²) in [7, 11) is 0. The van der Waals surface area contributed by atoms with Crippen LogP contribution in [-0.4, -0.2) is 26.6 Å². The number of rotatable bonds is 6. The minimum Gasteiger partial charge on any atom is -0.348 e. The number of nitrogens with zero attached hydrogens (tertiary/aromatic N) is 3. The molecule has 8 heteroatoms. The number of aromatic nitrogens is 3. The predicted molar refractivity (Wildman–Crippen MR) is 100 cm³/mol. The second-order valence-electron chi connectivity index (χ2n) is 5.53. The fourth-order valence-corrected chi connectivity index (χ4v) is 2.69. The van der Waals surface area contributed by atoms with Gasteiger partial charge in [0.25, 0.3) is 5.91 Å². The van der Waals surface area contributed by atoms with Gasteiger partial charge in [0.05, 0.1) is 5.56 Å². The van der Waals surface area contributed by atoms with E-state index in [1.165, 1.54) is 6.20 Å². The average Bonchev–Trinajstić information content (AvgIpc) is 3.13. The molecule has 3 rings (SSSR count). The van der Waals surface area contributed by atoms with Crippen molar-refractivity contribution in [2.45, 2.75) is 13.1 Å². The summed E-state index contributed by atoms with van der Waals surface area (Å²) >= 11 is 3.29. The number of halogens is 1. The van der Waals surface area contributed by atoms with E-state index in [1.54, 1.807) is 41.5 Å². The Hall–Kier alpha value is -3.00. The Balaban J connectivity index is 1.57. The monoisotopic (exact) mass is 413 g/mol. The summed E-state index contributed by atoms with van der Waals surface area (Å²) in [6.07, 6.45) is 6.47. The molecule has 0 aliphatic heterocycles. The van der Waals surface area contributed by atoms with Crippen LogP contribution in [0.4, 0.5) is 5.69 Å². The lowest BCUT2D eigenvalue weighted by Gasteiger charge is -2.09. The molecule has 1 aromatic carbocycles. The van der Waals surface area contributed by atoms with Crippen LogP contribution in [-0.2, 0) is 17.9 Å². The van der Waals surface area contributed by atoms with Crippen molar-refractivity contribution >= 4 is 33.4 Å². The van der Waals surface area contributed by atoms with Crippen molar-refractivity contribution in [1.82, 2.24) is 20.1 Å². The topological polar surface area (TPSA) is 88.9 Å². The molecule has 26 heavy (non-hydrogen) atoms. The molecule has 0 radical (unpaired) electrons. The third kappa shape index (κ3) is 5.00. The number of anilines is 1. The highest BCUT2D eigenvalue weighted by Crippen LogP contribution is 2.12. The Morgan fingerprint density at radius 3 is 2.81 bits per heavy atom. The van der Waals surface area contributed by atoms with Crippen LogP contribution < -0.4 is 10.6 Å². The zero-order valence-corrected chi connectivity index (χ0v) is 15.3. The summed E-state index contributed by atoms with van der Waals surface area (Å²) < 4.78 is 2.29. The van der Waals surface area contributed by atoms with Gasteiger partial charge in [-0.3, -0.25) is 19.3 Å². The van der Waals surface area contributed by atoms with E-state index in [0.29, 0.717) is 17.8 Å². The SMILES string of the molecule is O=C(Cn1cccn1)Nc1cccc(CNC(=O)c2cncc(Br)c2)c1. The molecule has 2 aromatic heterocycles. The molecule has 3 aromatic rings. The van der Waals surface area contributed by atoms with Crippen molar-refractivity contribution < 1.29 is 9.59 Å². The molecular formula is C18H16BrN5O2. The molecule has 132 valence electrons. The molecule has 0 saturated carbocycles. The highest BCUT2D eigenvalue weighted by molar-refractivity contribution is 9.10. The second kappa shape index (κ2) is 8.39. The maximum absolute atomic E-state index is 12.2. The van der Waals surface area contributed by atoms with Crippen molar-refractivity contribution in [3.63, 3.8) is 0 Å². The van der Waals surface area contributed by atoms with Crippen LogP contribution in [0.1, 0.15) is 15.9 Å². The highest BCUT2D eigenvalue weighted by Gasteiger charge is 2.08. The van der Waals surface area contributed by atoms with Crippen LogP contribution in [0.25, 0.3) is 0 Å². The first-order chi connectivity index (χ1) is 12.6. The fourth-order valence-electron chi connectivity index (χ4n) is 2.32. The van der Waals surface area contributed by atoms with Crippen LogP contribution >= 0.6 is 15.9 Å². The van der Waals surface area contributed by atoms with Crippen LogP contribution in [0, 0.1) is 0 Å². The summed E-state index contributed by atoms with van der Waals surface area (Å²) in [6.45, 7) is 0.484. The molecule has 0 fully saturated rings. The fraction of sp³-hybridized carbons (Fsp3) is 0.111. The highest BCUT2D eigenvalue weighted by atomic mass is 79.9. The number of benzene rings is 1. The Morgan fingerprint density at radius 2 is 2.04 bits per heavy atom. The van der Waals surface area contributed by atoms with E-state index in [2.05, 4.69) is 36.6 Å². The lowest BCUT2D eigenvalue weighted by molar-refractivity contribution is -0.116. The van der Waals surface area contributed by atoms with Gasteiger partial charge in [0.15, 0.2) is 0 Å². The maximum Gasteiger partial charge on any atom is 0.253 e. The van der Waals surface area contributed by atoms with Gasteiger partial charge in [-0.25, -0.2) is 0 Å². The lowest BCUT2D eigenvalue weighted by atomic mass is 10.2. The molecule has 2 amide bonds. The molecule has 0 atom stereocenters. The number of nitrogens with one attached hydrogen (secondary N) is 2. The van der Waals surface area contributed by atoms with Crippen LogP contribution in [0.3, 0.4) is 0 Å². The molecular weight excluding hydrogens is 398 g/mol. The van der Waals surface area contributed by atoms with E-state index in [1.807, 2.05) is 18.2 Å². The lowest BCUT2D eigenvalue weighted by Crippen LogP contribution is -2.23. The van der Waals surface area contributed by atoms with E-state index in [0.717, 1.165) is 10.0 Å². The van der Waals surface area contributed by atoms with E-state index in [9.17, 15) is 9.59 Å². The van der Waals surface area contributed by atoms with Crippen LogP contribution in [0.15, 0.2) is 65.7 Å². The molecule has 0 saturated heterocycles. The molecule has 7 nitrogen and oxygen atoms in total. The second-order valence-corrected chi connectivity index (χ2v) is 6.44. The zero-order valence-electron chi connectivity index (χ0n) is 13.7. The Labute approximate surface area is 158 Å². The van der Waals surface area contributed by atoms with Crippen LogP contribution in [0.2, 0.25) is 0 Å². The Kier molecular flexibility index (Phi) is 5.75. The van der Waals surface area contributed by atoms with Crippen molar-refractivity contribution in [2.75, 3.05) is 5.32 Å². The molecule has 0 spiro atoms. The largest absolute Gasteiger partial charge is 0.348 e. The first kappa shape index (κ1) is 17.8. The normalized spacial score (nSPS) is 10.3. The minimum atomic E-state index is -0.216. The van der Waals surface area contributed by atoms with Gasteiger partial charge in [-0.2, -0.15) is 5.10 Å². The smallest absolute Gasteiger partial charge is 0.253 e. The standard InChI is InChI=1S/C18H16BrN5O2/c19-15-8-14(10-20-11-15)18(26)21-9-13-3-1-4-16(7-13)23-17(25)12-24-6-2-5-22-24/h1-8,10-11H,9,12H2,(H,21,26)(H,23,25). The molecule has 2 heterocycles. The van der Waals surface area contributed by atoms with Gasteiger partial charge in [0.1, 0.15) is 6.54 Å². The van der Waals surface area contributed by atoms with E-state index in [-0.39, 0.29) is 18.4 Å². The number of amides is 2. The third-order valence-electron chi connectivity index (χ3n) is 3.50. The van der Waals surface area contributed by atoms with Crippen molar-refractivity contribution in [1.29, 1.82) is 0 Å². The summed E-state index contributed by atoms with van der Waals surface area (Å²) in [5, 5.41) is 9.65. The predicted octanol–water partition coefficient (Wildman–Crippen LogP) is 2.61. The molecule has 0 aliphatic carbocycles. The van der Waals surface area contributed by atoms with Crippen molar-refractivity contribution in [2.24, 2.45) is 0 Å². The summed E-state index contributed by atoms with van der Waals surface area (Å²) in [4.78, 5) is 28.2. The summed E-state index contributed by atoms with van der Waals surface area (Å²) in [5.74, 6) is -0.387. The molecule has 0 bridgehead atoms. The number of carbonyl (C=O) groups excluding carboxylic acids is 2. The van der Waals surface area contributed by atoms with Gasteiger partial charge in [-0.05, 0) is 45.8 Å². The van der Waals surface area contributed by atoms with Gasteiger partial charge >= 0.3 is 0 Å². The van der Waals surface area contributed by atoms with E-state index in [4.69, 9.17) is 0 Å². The average molecular weight is 414 g/mol. The van der Waals surface area contributed by atoms with Gasteiger partial charge in [0.2, 0.25) is 5.91 Å². The number of pyridine rings is 1. The van der Waals surface area contributed by atoms with Crippen LogP contribution in [0.5, 0.6) is 0 Å². The zero-order chi connectivity index (χ0) is 18.4. The summed E-state index contributed by atoms with van der Waals surface area (Å²) in [6, 6.07) is 10.8. The number of hydrogen-bond donors (Lipinski definition) is 2. The minimum absolute atomic E-state index is 0.143. The molecule has 2 N–H and O–H groups in total. The number of hydrogen-bond acceptors (Lipinski definition) is 4. The molecule has 0 aliphatic rings. The van der Waals surface area contributed by atoms with Gasteiger partial charge < -0.3 is 10.6 Å². The quantitative estimate of drug-likeness (QED) is 0.649.